The van der Waals surface area contributed by atoms with Gasteiger partial charge in [0, 0.05) is 10.7 Å². The first-order chi connectivity index (χ1) is 12.2. The Morgan fingerprint density at radius 3 is 2.35 bits per heavy atom. The summed E-state index contributed by atoms with van der Waals surface area (Å²) in [6.07, 6.45) is 0. The number of sulfonamides is 1. The second-order valence-corrected chi connectivity index (χ2v) is 8.22. The number of carbonyl (C=O) groups excluding carboxylic acids is 1. The molecule has 2 aromatic rings. The van der Waals surface area contributed by atoms with Crippen LogP contribution in [0.4, 0.5) is 5.69 Å². The lowest BCUT2D eigenvalue weighted by molar-refractivity contribution is -0.119. The zero-order valence-electron chi connectivity index (χ0n) is 14.1. The number of benzene rings is 2. The number of nitrogens with one attached hydrogen (secondary N) is 1. The molecule has 2 aromatic carbocycles. The van der Waals surface area contributed by atoms with Crippen LogP contribution >= 0.6 is 23.2 Å². The van der Waals surface area contributed by atoms with Crippen molar-refractivity contribution in [2.45, 2.75) is 18.7 Å². The molecule has 9 heteroatoms. The maximum Gasteiger partial charge on any atom is 0.264 e. The minimum atomic E-state index is -4.03. The standard InChI is InChI=1S/C17H17Cl2N3O3S/c1-12(2)20-21-17(23)11-22(16-9-8-13(18)10-15(16)19)26(24,25)14-6-4-3-5-7-14/h3-10H,11H2,1-2H3,(H,21,23). The normalized spacial score (nSPS) is 10.9. The first kappa shape index (κ1) is 20.2. The third-order valence-electron chi connectivity index (χ3n) is 3.20. The monoisotopic (exact) mass is 413 g/mol. The van der Waals surface area contributed by atoms with Crippen molar-refractivity contribution in [1.82, 2.24) is 5.43 Å². The number of hydrazone groups is 1. The van der Waals surface area contributed by atoms with Crippen molar-refractivity contribution in [3.05, 3.63) is 58.6 Å². The minimum absolute atomic E-state index is 0.0361. The van der Waals surface area contributed by atoms with E-state index in [1.807, 2.05) is 0 Å². The maximum absolute atomic E-state index is 13.1. The fourth-order valence-corrected chi connectivity index (χ4v) is 4.06. The summed E-state index contributed by atoms with van der Waals surface area (Å²) >= 11 is 12.1. The van der Waals surface area contributed by atoms with Gasteiger partial charge in [0.2, 0.25) is 0 Å². The summed E-state index contributed by atoms with van der Waals surface area (Å²) < 4.78 is 27.1. The van der Waals surface area contributed by atoms with Gasteiger partial charge in [-0.2, -0.15) is 5.10 Å². The smallest absolute Gasteiger partial charge is 0.264 e. The maximum atomic E-state index is 13.1. The Morgan fingerprint density at radius 1 is 1.12 bits per heavy atom. The van der Waals surface area contributed by atoms with Crippen LogP contribution in [-0.4, -0.2) is 26.6 Å². The minimum Gasteiger partial charge on any atom is -0.271 e. The first-order valence-corrected chi connectivity index (χ1v) is 9.74. The summed E-state index contributed by atoms with van der Waals surface area (Å²) in [5.41, 5.74) is 3.08. The molecule has 0 aliphatic heterocycles. The Hall–Kier alpha value is -2.09. The van der Waals surface area contributed by atoms with E-state index in [4.69, 9.17) is 23.2 Å². The summed E-state index contributed by atoms with van der Waals surface area (Å²) in [5.74, 6) is -0.600. The molecule has 0 atom stereocenters. The highest BCUT2D eigenvalue weighted by molar-refractivity contribution is 7.92. The van der Waals surface area contributed by atoms with E-state index in [2.05, 4.69) is 10.5 Å². The molecule has 0 fully saturated rings. The summed E-state index contributed by atoms with van der Waals surface area (Å²) in [5, 5.41) is 4.27. The molecule has 0 radical (unpaired) electrons. The summed E-state index contributed by atoms with van der Waals surface area (Å²) in [6, 6.07) is 12.1. The Kier molecular flexibility index (Phi) is 6.63. The predicted molar refractivity (Wildman–Crippen MR) is 104 cm³/mol. The number of hydrogen-bond donors (Lipinski definition) is 1. The highest BCUT2D eigenvalue weighted by atomic mass is 35.5. The Bertz CT molecular complexity index is 928. The molecule has 0 saturated carbocycles. The van der Waals surface area contributed by atoms with Crippen LogP contribution in [-0.2, 0) is 14.8 Å². The van der Waals surface area contributed by atoms with Gasteiger partial charge < -0.3 is 0 Å². The first-order valence-electron chi connectivity index (χ1n) is 7.54. The van der Waals surface area contributed by atoms with E-state index in [1.165, 1.54) is 30.3 Å². The summed E-state index contributed by atoms with van der Waals surface area (Å²) in [6.45, 7) is 2.92. The van der Waals surface area contributed by atoms with Crippen molar-refractivity contribution in [3.8, 4) is 0 Å². The van der Waals surface area contributed by atoms with Crippen molar-refractivity contribution in [3.63, 3.8) is 0 Å². The second kappa shape index (κ2) is 8.53. The molecule has 0 aromatic heterocycles. The highest BCUT2D eigenvalue weighted by Gasteiger charge is 2.28. The van der Waals surface area contributed by atoms with Gasteiger partial charge in [-0.1, -0.05) is 41.4 Å². The molecule has 1 N–H and O–H groups in total. The van der Waals surface area contributed by atoms with Gasteiger partial charge in [0.05, 0.1) is 15.6 Å². The lowest BCUT2D eigenvalue weighted by Crippen LogP contribution is -2.39. The van der Waals surface area contributed by atoms with Gasteiger partial charge in [0.25, 0.3) is 15.9 Å². The van der Waals surface area contributed by atoms with Crippen LogP contribution in [0.25, 0.3) is 0 Å². The average Bonchev–Trinajstić information content (AvgIpc) is 2.59. The Labute approximate surface area is 162 Å². The van der Waals surface area contributed by atoms with Gasteiger partial charge >= 0.3 is 0 Å². The van der Waals surface area contributed by atoms with Gasteiger partial charge in [-0.15, -0.1) is 0 Å². The molecular formula is C17H17Cl2N3O3S. The van der Waals surface area contributed by atoms with E-state index in [9.17, 15) is 13.2 Å². The molecule has 0 heterocycles. The van der Waals surface area contributed by atoms with E-state index < -0.39 is 22.5 Å². The molecule has 0 spiro atoms. The van der Waals surface area contributed by atoms with Crippen LogP contribution in [0.2, 0.25) is 10.0 Å². The van der Waals surface area contributed by atoms with Gasteiger partial charge in [-0.05, 0) is 44.2 Å². The highest BCUT2D eigenvalue weighted by Crippen LogP contribution is 2.32. The molecule has 0 unspecified atom stereocenters. The molecule has 2 rings (SSSR count). The van der Waals surface area contributed by atoms with Crippen molar-refractivity contribution in [1.29, 1.82) is 0 Å². The Morgan fingerprint density at radius 2 is 1.77 bits per heavy atom. The number of nitrogens with zero attached hydrogens (tertiary/aromatic N) is 2. The lowest BCUT2D eigenvalue weighted by Gasteiger charge is -2.24. The van der Waals surface area contributed by atoms with Crippen molar-refractivity contribution < 1.29 is 13.2 Å². The largest absolute Gasteiger partial charge is 0.271 e. The zero-order valence-corrected chi connectivity index (χ0v) is 16.4. The van der Waals surface area contributed by atoms with Crippen LogP contribution in [0.3, 0.4) is 0 Å². The number of rotatable bonds is 6. The van der Waals surface area contributed by atoms with Crippen LogP contribution in [0.15, 0.2) is 58.5 Å². The summed E-state index contributed by atoms with van der Waals surface area (Å²) in [7, 11) is -4.03. The molecule has 0 aliphatic carbocycles. The van der Waals surface area contributed by atoms with E-state index >= 15 is 0 Å². The molecule has 26 heavy (non-hydrogen) atoms. The number of amides is 1. The average molecular weight is 414 g/mol. The lowest BCUT2D eigenvalue weighted by atomic mass is 10.3. The van der Waals surface area contributed by atoms with Gasteiger partial charge in [-0.3, -0.25) is 9.10 Å². The van der Waals surface area contributed by atoms with Crippen LogP contribution in [0.1, 0.15) is 13.8 Å². The molecule has 0 saturated heterocycles. The molecule has 6 nitrogen and oxygen atoms in total. The van der Waals surface area contributed by atoms with Gasteiger partial charge in [-0.25, -0.2) is 13.8 Å². The van der Waals surface area contributed by atoms with Crippen molar-refractivity contribution in [2.24, 2.45) is 5.10 Å². The zero-order chi connectivity index (χ0) is 19.3. The SMILES string of the molecule is CC(C)=NNC(=O)CN(c1ccc(Cl)cc1Cl)S(=O)(=O)c1ccccc1. The molecule has 0 aliphatic rings. The fraction of sp³-hybridized carbons (Fsp3) is 0.176. The topological polar surface area (TPSA) is 78.8 Å². The Balaban J connectivity index is 2.48. The molecule has 1 amide bonds. The van der Waals surface area contributed by atoms with Gasteiger partial charge in [0.1, 0.15) is 6.54 Å². The third-order valence-corrected chi connectivity index (χ3v) is 5.51. The quantitative estimate of drug-likeness (QED) is 0.578. The van der Waals surface area contributed by atoms with Crippen LogP contribution < -0.4 is 9.73 Å². The number of anilines is 1. The van der Waals surface area contributed by atoms with Crippen LogP contribution in [0, 0.1) is 0 Å². The molecular weight excluding hydrogens is 397 g/mol. The molecule has 138 valence electrons. The number of carbonyl (C=O) groups is 1. The second-order valence-electron chi connectivity index (χ2n) is 5.51. The number of halogens is 2. The third kappa shape index (κ3) is 4.97. The van der Waals surface area contributed by atoms with Crippen molar-refractivity contribution >= 4 is 50.5 Å². The van der Waals surface area contributed by atoms with E-state index in [-0.39, 0.29) is 15.6 Å². The summed E-state index contributed by atoms with van der Waals surface area (Å²) in [4.78, 5) is 12.2. The number of hydrogen-bond acceptors (Lipinski definition) is 4. The van der Waals surface area contributed by atoms with Crippen molar-refractivity contribution in [2.75, 3.05) is 10.8 Å². The van der Waals surface area contributed by atoms with Crippen LogP contribution in [0.5, 0.6) is 0 Å². The predicted octanol–water partition coefficient (Wildman–Crippen LogP) is 3.70. The van der Waals surface area contributed by atoms with E-state index in [0.29, 0.717) is 10.7 Å². The van der Waals surface area contributed by atoms with E-state index in [1.54, 1.807) is 32.0 Å². The van der Waals surface area contributed by atoms with E-state index in [0.717, 1.165) is 4.31 Å². The molecule has 0 bridgehead atoms. The van der Waals surface area contributed by atoms with Gasteiger partial charge in [0.15, 0.2) is 0 Å². The fourth-order valence-electron chi connectivity index (χ4n) is 2.04.